The molecule has 1 rings (SSSR count). The van der Waals surface area contributed by atoms with Gasteiger partial charge in [0.15, 0.2) is 0 Å². The average molecular weight is 154 g/mol. The zero-order valence-electron chi connectivity index (χ0n) is 6.79. The highest BCUT2D eigenvalue weighted by atomic mass is 16.5. The fraction of sp³-hybridized carbons (Fsp3) is 0.429. The van der Waals surface area contributed by atoms with E-state index < -0.39 is 0 Å². The van der Waals surface area contributed by atoms with Gasteiger partial charge < -0.3 is 4.74 Å². The van der Waals surface area contributed by atoms with Crippen molar-refractivity contribution in [2.45, 2.75) is 6.92 Å². The fourth-order valence-electron chi connectivity index (χ4n) is 0.943. The minimum absolute atomic E-state index is 0.299. The van der Waals surface area contributed by atoms with Crippen molar-refractivity contribution in [3.05, 3.63) is 22.2 Å². The van der Waals surface area contributed by atoms with Crippen LogP contribution in [0.15, 0.2) is 11.0 Å². The van der Waals surface area contributed by atoms with Crippen LogP contribution in [-0.4, -0.2) is 16.7 Å². The van der Waals surface area contributed by atoms with Crippen LogP contribution in [0, 0.1) is 6.92 Å². The Labute approximate surface area is 64.5 Å². The first-order valence-corrected chi connectivity index (χ1v) is 3.23. The number of hydrogen-bond donors (Lipinski definition) is 0. The van der Waals surface area contributed by atoms with Gasteiger partial charge in [-0.3, -0.25) is 4.57 Å². The molecule has 4 nitrogen and oxygen atoms in total. The summed E-state index contributed by atoms with van der Waals surface area (Å²) in [4.78, 5) is 14.5. The maximum Gasteiger partial charge on any atom is 0.350 e. The standard InChI is InChI=1S/C7H10N2O2/c1-5-4-8-7(10)9(2)6(5)11-3/h4H,1-3H3. The van der Waals surface area contributed by atoms with Crippen LogP contribution in [0.1, 0.15) is 5.56 Å². The second-order valence-electron chi connectivity index (χ2n) is 2.29. The second-order valence-corrected chi connectivity index (χ2v) is 2.29. The van der Waals surface area contributed by atoms with Crippen molar-refractivity contribution in [3.8, 4) is 5.88 Å². The van der Waals surface area contributed by atoms with Crippen LogP contribution in [0.4, 0.5) is 0 Å². The van der Waals surface area contributed by atoms with E-state index in [9.17, 15) is 4.79 Å². The van der Waals surface area contributed by atoms with Crippen LogP contribution in [0.2, 0.25) is 0 Å². The topological polar surface area (TPSA) is 44.1 Å². The van der Waals surface area contributed by atoms with Gasteiger partial charge in [-0.1, -0.05) is 0 Å². The highest BCUT2D eigenvalue weighted by molar-refractivity contribution is 5.21. The van der Waals surface area contributed by atoms with Gasteiger partial charge in [0.05, 0.1) is 7.11 Å². The summed E-state index contributed by atoms with van der Waals surface area (Å²) in [6, 6.07) is 0. The van der Waals surface area contributed by atoms with Gasteiger partial charge in [0.25, 0.3) is 0 Å². The molecule has 1 heterocycles. The Morgan fingerprint density at radius 2 is 2.27 bits per heavy atom. The molecule has 0 aliphatic carbocycles. The molecule has 0 radical (unpaired) electrons. The minimum Gasteiger partial charge on any atom is -0.482 e. The Morgan fingerprint density at radius 3 is 2.73 bits per heavy atom. The van der Waals surface area contributed by atoms with Gasteiger partial charge >= 0.3 is 5.69 Å². The molecule has 0 amide bonds. The van der Waals surface area contributed by atoms with E-state index in [0.29, 0.717) is 5.88 Å². The predicted octanol–water partition coefficient (Wildman–Crippen LogP) is 0.0973. The third-order valence-corrected chi connectivity index (χ3v) is 1.49. The molecule has 1 aromatic rings. The van der Waals surface area contributed by atoms with Crippen LogP contribution in [0.25, 0.3) is 0 Å². The molecule has 0 aliphatic heterocycles. The first-order chi connectivity index (χ1) is 5.16. The molecule has 0 atom stereocenters. The summed E-state index contributed by atoms with van der Waals surface area (Å²) in [5.74, 6) is 0.560. The molecule has 0 aromatic carbocycles. The number of aryl methyl sites for hydroxylation is 1. The van der Waals surface area contributed by atoms with Crippen LogP contribution >= 0.6 is 0 Å². The van der Waals surface area contributed by atoms with Crippen molar-refractivity contribution in [3.63, 3.8) is 0 Å². The van der Waals surface area contributed by atoms with E-state index in [0.717, 1.165) is 5.56 Å². The average Bonchev–Trinajstić information content (AvgIpc) is 1.99. The predicted molar refractivity (Wildman–Crippen MR) is 40.8 cm³/mol. The van der Waals surface area contributed by atoms with Crippen LogP contribution in [0.5, 0.6) is 5.88 Å². The largest absolute Gasteiger partial charge is 0.482 e. The van der Waals surface area contributed by atoms with Crippen molar-refractivity contribution in [1.29, 1.82) is 0 Å². The maximum absolute atomic E-state index is 10.9. The quantitative estimate of drug-likeness (QED) is 0.576. The number of aromatic nitrogens is 2. The van der Waals surface area contributed by atoms with Crippen LogP contribution in [0.3, 0.4) is 0 Å². The molecule has 60 valence electrons. The van der Waals surface area contributed by atoms with Gasteiger partial charge in [-0.25, -0.2) is 9.78 Å². The summed E-state index contributed by atoms with van der Waals surface area (Å²) in [5.41, 5.74) is 0.557. The zero-order valence-corrected chi connectivity index (χ0v) is 6.79. The van der Waals surface area contributed by atoms with Crippen LogP contribution < -0.4 is 10.4 Å². The molecule has 0 spiro atoms. The molecule has 1 aromatic heterocycles. The summed E-state index contributed by atoms with van der Waals surface area (Å²) in [7, 11) is 3.16. The van der Waals surface area contributed by atoms with Crippen molar-refractivity contribution >= 4 is 0 Å². The smallest absolute Gasteiger partial charge is 0.350 e. The monoisotopic (exact) mass is 154 g/mol. The van der Waals surface area contributed by atoms with Gasteiger partial charge in [0, 0.05) is 18.8 Å². The van der Waals surface area contributed by atoms with E-state index in [2.05, 4.69) is 4.98 Å². The molecular weight excluding hydrogens is 144 g/mol. The van der Waals surface area contributed by atoms with Gasteiger partial charge in [0.2, 0.25) is 5.88 Å². The number of hydrogen-bond acceptors (Lipinski definition) is 3. The number of ether oxygens (including phenoxy) is 1. The minimum atomic E-state index is -0.299. The lowest BCUT2D eigenvalue weighted by molar-refractivity contribution is 0.369. The first-order valence-electron chi connectivity index (χ1n) is 3.23. The van der Waals surface area contributed by atoms with E-state index in [1.165, 1.54) is 17.9 Å². The third-order valence-electron chi connectivity index (χ3n) is 1.49. The molecular formula is C7H10N2O2. The SMILES string of the molecule is COc1c(C)cnc(=O)n1C. The molecule has 0 N–H and O–H groups in total. The Morgan fingerprint density at radius 1 is 1.64 bits per heavy atom. The van der Waals surface area contributed by atoms with Crippen molar-refractivity contribution in [1.82, 2.24) is 9.55 Å². The number of rotatable bonds is 1. The lowest BCUT2D eigenvalue weighted by atomic mass is 10.4. The normalized spacial score (nSPS) is 9.73. The van der Waals surface area contributed by atoms with E-state index in [-0.39, 0.29) is 5.69 Å². The first kappa shape index (κ1) is 7.78. The van der Waals surface area contributed by atoms with Gasteiger partial charge in [0.1, 0.15) is 0 Å². The zero-order chi connectivity index (χ0) is 8.43. The highest BCUT2D eigenvalue weighted by Gasteiger charge is 2.02. The lowest BCUT2D eigenvalue weighted by Crippen LogP contribution is -2.21. The van der Waals surface area contributed by atoms with E-state index in [1.807, 2.05) is 6.92 Å². The summed E-state index contributed by atoms with van der Waals surface area (Å²) >= 11 is 0. The summed E-state index contributed by atoms with van der Waals surface area (Å²) < 4.78 is 6.35. The maximum atomic E-state index is 10.9. The fourth-order valence-corrected chi connectivity index (χ4v) is 0.943. The van der Waals surface area contributed by atoms with Crippen LogP contribution in [-0.2, 0) is 7.05 Å². The summed E-state index contributed by atoms with van der Waals surface area (Å²) in [6.45, 7) is 1.84. The molecule has 0 saturated heterocycles. The van der Waals surface area contributed by atoms with Gasteiger partial charge in [-0.05, 0) is 6.92 Å². The molecule has 11 heavy (non-hydrogen) atoms. The Bertz CT molecular complexity index is 317. The molecule has 0 bridgehead atoms. The van der Waals surface area contributed by atoms with Gasteiger partial charge in [-0.2, -0.15) is 0 Å². The molecule has 0 aliphatic rings. The van der Waals surface area contributed by atoms with Crippen molar-refractivity contribution in [2.24, 2.45) is 7.05 Å². The molecule has 0 saturated carbocycles. The highest BCUT2D eigenvalue weighted by Crippen LogP contribution is 2.10. The van der Waals surface area contributed by atoms with Crippen molar-refractivity contribution < 1.29 is 4.74 Å². The summed E-state index contributed by atoms with van der Waals surface area (Å²) in [5, 5.41) is 0. The molecule has 0 unspecified atom stereocenters. The Kier molecular flexibility index (Phi) is 1.94. The Balaban J connectivity index is 3.41. The number of methoxy groups -OCH3 is 1. The summed E-state index contributed by atoms with van der Waals surface area (Å²) in [6.07, 6.45) is 1.50. The second kappa shape index (κ2) is 2.74. The van der Waals surface area contributed by atoms with E-state index in [1.54, 1.807) is 7.05 Å². The third kappa shape index (κ3) is 1.24. The van der Waals surface area contributed by atoms with E-state index in [4.69, 9.17) is 4.74 Å². The molecule has 4 heteroatoms. The lowest BCUT2D eigenvalue weighted by Gasteiger charge is -2.06. The van der Waals surface area contributed by atoms with Gasteiger partial charge in [-0.15, -0.1) is 0 Å². The number of nitrogens with zero attached hydrogens (tertiary/aromatic N) is 2. The Hall–Kier alpha value is -1.32. The van der Waals surface area contributed by atoms with Crippen molar-refractivity contribution in [2.75, 3.05) is 7.11 Å². The molecule has 0 fully saturated rings. The van der Waals surface area contributed by atoms with E-state index >= 15 is 0 Å².